The minimum absolute atomic E-state index is 0.0475. The number of carbonyl (C=O) groups excluding carboxylic acids is 1. The van der Waals surface area contributed by atoms with Crippen LogP contribution >= 0.6 is 11.6 Å². The zero-order chi connectivity index (χ0) is 20.3. The predicted molar refractivity (Wildman–Crippen MR) is 114 cm³/mol. The molecular weight excluding hydrogens is 372 g/mol. The number of hydrogen-bond donors (Lipinski definition) is 1. The summed E-state index contributed by atoms with van der Waals surface area (Å²) in [4.78, 5) is 12.2. The van der Waals surface area contributed by atoms with Gasteiger partial charge in [0.15, 0.2) is 0 Å². The Bertz CT molecular complexity index is 1010. The zero-order valence-electron chi connectivity index (χ0n) is 16.4. The van der Waals surface area contributed by atoms with Gasteiger partial charge >= 0.3 is 0 Å². The van der Waals surface area contributed by atoms with Crippen LogP contribution < -0.4 is 5.43 Å². The van der Waals surface area contributed by atoms with Crippen LogP contribution in [-0.2, 0) is 5.41 Å². The van der Waals surface area contributed by atoms with Gasteiger partial charge < -0.3 is 4.42 Å². The molecule has 3 rings (SSSR count). The van der Waals surface area contributed by atoms with Crippen molar-refractivity contribution in [1.29, 1.82) is 0 Å². The Morgan fingerprint density at radius 3 is 2.43 bits per heavy atom. The maximum atomic E-state index is 12.2. The molecule has 0 fully saturated rings. The normalized spacial score (nSPS) is 11.8. The lowest BCUT2D eigenvalue weighted by molar-refractivity contribution is 0.0955. The second-order valence-corrected chi connectivity index (χ2v) is 8.10. The van der Waals surface area contributed by atoms with Gasteiger partial charge in [0, 0.05) is 16.1 Å². The number of hydrazone groups is 1. The van der Waals surface area contributed by atoms with Crippen LogP contribution in [0.1, 0.15) is 48.0 Å². The molecule has 5 heteroatoms. The average Bonchev–Trinajstić information content (AvgIpc) is 3.12. The number of carbonyl (C=O) groups is 1. The molecule has 1 amide bonds. The van der Waals surface area contributed by atoms with Crippen molar-refractivity contribution >= 4 is 23.7 Å². The highest BCUT2D eigenvalue weighted by Crippen LogP contribution is 2.26. The van der Waals surface area contributed by atoms with Gasteiger partial charge in [-0.25, -0.2) is 5.43 Å². The molecule has 1 N–H and O–H groups in total. The first kappa shape index (κ1) is 19.9. The van der Waals surface area contributed by atoms with Crippen LogP contribution in [0.4, 0.5) is 0 Å². The first-order chi connectivity index (χ1) is 13.2. The molecule has 144 valence electrons. The Labute approximate surface area is 170 Å². The fourth-order valence-corrected chi connectivity index (χ4v) is 2.84. The van der Waals surface area contributed by atoms with Gasteiger partial charge in [-0.05, 0) is 53.8 Å². The van der Waals surface area contributed by atoms with E-state index in [1.54, 1.807) is 18.2 Å². The lowest BCUT2D eigenvalue weighted by atomic mass is 9.87. The highest BCUT2D eigenvalue weighted by Gasteiger charge is 2.14. The highest BCUT2D eigenvalue weighted by atomic mass is 35.5. The summed E-state index contributed by atoms with van der Waals surface area (Å²) in [5, 5.41) is 4.67. The molecule has 0 unspecified atom stereocenters. The molecule has 0 atom stereocenters. The quantitative estimate of drug-likeness (QED) is 0.437. The number of nitrogens with zero attached hydrogens (tertiary/aromatic N) is 1. The monoisotopic (exact) mass is 394 g/mol. The van der Waals surface area contributed by atoms with E-state index in [0.29, 0.717) is 22.1 Å². The molecule has 2 aromatic carbocycles. The predicted octanol–water partition coefficient (Wildman–Crippen LogP) is 5.97. The third-order valence-electron chi connectivity index (χ3n) is 4.45. The second-order valence-electron chi connectivity index (χ2n) is 7.69. The SMILES string of the molecule is Cc1ccc(-c2ccc(/C=N/NC(=O)c3ccc(C(C)(C)C)cc3)o2)cc1Cl. The minimum Gasteiger partial charge on any atom is -0.455 e. The van der Waals surface area contributed by atoms with Crippen LogP contribution in [0, 0.1) is 6.92 Å². The summed E-state index contributed by atoms with van der Waals surface area (Å²) in [6, 6.07) is 16.9. The Kier molecular flexibility index (Phi) is 5.71. The van der Waals surface area contributed by atoms with Crippen molar-refractivity contribution in [1.82, 2.24) is 5.43 Å². The number of amides is 1. The Morgan fingerprint density at radius 2 is 1.79 bits per heavy atom. The van der Waals surface area contributed by atoms with Crippen molar-refractivity contribution in [3.05, 3.63) is 82.1 Å². The van der Waals surface area contributed by atoms with Gasteiger partial charge in [-0.1, -0.05) is 56.6 Å². The van der Waals surface area contributed by atoms with Gasteiger partial charge in [0.2, 0.25) is 0 Å². The first-order valence-electron chi connectivity index (χ1n) is 9.04. The summed E-state index contributed by atoms with van der Waals surface area (Å²) in [6.07, 6.45) is 1.47. The lowest BCUT2D eigenvalue weighted by Gasteiger charge is -2.18. The zero-order valence-corrected chi connectivity index (χ0v) is 17.2. The molecule has 1 heterocycles. The molecular formula is C23H23ClN2O2. The van der Waals surface area contributed by atoms with Gasteiger partial charge in [-0.3, -0.25) is 4.79 Å². The molecule has 0 radical (unpaired) electrons. The molecule has 0 saturated heterocycles. The molecule has 0 aliphatic rings. The fourth-order valence-electron chi connectivity index (χ4n) is 2.66. The van der Waals surface area contributed by atoms with Crippen molar-refractivity contribution < 1.29 is 9.21 Å². The van der Waals surface area contributed by atoms with Crippen LogP contribution in [0.25, 0.3) is 11.3 Å². The Hall–Kier alpha value is -2.85. The molecule has 0 aliphatic carbocycles. The molecule has 0 bridgehead atoms. The van der Waals surface area contributed by atoms with E-state index in [0.717, 1.165) is 11.1 Å². The van der Waals surface area contributed by atoms with Crippen molar-refractivity contribution in [2.75, 3.05) is 0 Å². The van der Waals surface area contributed by atoms with Crippen LogP contribution in [-0.4, -0.2) is 12.1 Å². The van der Waals surface area contributed by atoms with Gasteiger partial charge in [-0.2, -0.15) is 5.10 Å². The van der Waals surface area contributed by atoms with Crippen molar-refractivity contribution in [3.63, 3.8) is 0 Å². The maximum absolute atomic E-state index is 12.2. The maximum Gasteiger partial charge on any atom is 0.271 e. The summed E-state index contributed by atoms with van der Waals surface area (Å²) in [5.41, 5.74) is 6.19. The number of benzene rings is 2. The van der Waals surface area contributed by atoms with Gasteiger partial charge in [-0.15, -0.1) is 0 Å². The second kappa shape index (κ2) is 8.03. The highest BCUT2D eigenvalue weighted by molar-refractivity contribution is 6.31. The summed E-state index contributed by atoms with van der Waals surface area (Å²) in [7, 11) is 0. The smallest absolute Gasteiger partial charge is 0.271 e. The number of nitrogens with one attached hydrogen (secondary N) is 1. The summed E-state index contributed by atoms with van der Waals surface area (Å²) >= 11 is 6.17. The topological polar surface area (TPSA) is 54.6 Å². The van der Waals surface area contributed by atoms with Gasteiger partial charge in [0.1, 0.15) is 11.5 Å². The molecule has 0 saturated carbocycles. The summed E-state index contributed by atoms with van der Waals surface area (Å²) in [6.45, 7) is 8.35. The van der Waals surface area contributed by atoms with E-state index in [1.807, 2.05) is 43.3 Å². The van der Waals surface area contributed by atoms with Crippen LogP contribution in [0.2, 0.25) is 5.02 Å². The number of halogens is 1. The number of hydrogen-bond acceptors (Lipinski definition) is 3. The number of rotatable bonds is 4. The molecule has 1 aromatic heterocycles. The number of aryl methyl sites for hydroxylation is 1. The lowest BCUT2D eigenvalue weighted by Crippen LogP contribution is -2.18. The largest absolute Gasteiger partial charge is 0.455 e. The van der Waals surface area contributed by atoms with Crippen LogP contribution in [0.5, 0.6) is 0 Å². The van der Waals surface area contributed by atoms with Crippen molar-refractivity contribution in [2.24, 2.45) is 5.10 Å². The molecule has 28 heavy (non-hydrogen) atoms. The van der Waals surface area contributed by atoms with E-state index in [1.165, 1.54) is 11.8 Å². The van der Waals surface area contributed by atoms with Crippen LogP contribution in [0.3, 0.4) is 0 Å². The molecule has 0 aliphatic heterocycles. The standard InChI is InChI=1S/C23H23ClN2O2/c1-15-5-6-17(13-20(15)24)21-12-11-19(28-21)14-25-26-22(27)16-7-9-18(10-8-16)23(2,3)4/h5-14H,1-4H3,(H,26,27)/b25-14+. The number of furan rings is 1. The summed E-state index contributed by atoms with van der Waals surface area (Å²) < 4.78 is 5.75. The van der Waals surface area contributed by atoms with Crippen molar-refractivity contribution in [3.8, 4) is 11.3 Å². The van der Waals surface area contributed by atoms with Crippen LogP contribution in [0.15, 0.2) is 64.1 Å². The molecule has 4 nitrogen and oxygen atoms in total. The third kappa shape index (κ3) is 4.70. The Morgan fingerprint density at radius 1 is 1.07 bits per heavy atom. The minimum atomic E-state index is -0.270. The first-order valence-corrected chi connectivity index (χ1v) is 9.42. The Balaban J connectivity index is 1.64. The van der Waals surface area contributed by atoms with E-state index >= 15 is 0 Å². The average molecular weight is 395 g/mol. The van der Waals surface area contributed by atoms with Crippen molar-refractivity contribution in [2.45, 2.75) is 33.1 Å². The molecule has 0 spiro atoms. The fraction of sp³-hybridized carbons (Fsp3) is 0.217. The van der Waals surface area contributed by atoms with E-state index in [2.05, 4.69) is 31.3 Å². The third-order valence-corrected chi connectivity index (χ3v) is 4.86. The van der Waals surface area contributed by atoms with E-state index in [9.17, 15) is 4.79 Å². The summed E-state index contributed by atoms with van der Waals surface area (Å²) in [5.74, 6) is 0.955. The molecule has 3 aromatic rings. The van der Waals surface area contributed by atoms with Gasteiger partial charge in [0.25, 0.3) is 5.91 Å². The van der Waals surface area contributed by atoms with E-state index in [-0.39, 0.29) is 11.3 Å². The van der Waals surface area contributed by atoms with Gasteiger partial charge in [0.05, 0.1) is 6.21 Å². The van der Waals surface area contributed by atoms with E-state index < -0.39 is 0 Å². The van der Waals surface area contributed by atoms with E-state index in [4.69, 9.17) is 16.0 Å².